The number of alkyl halides is 3. The number of hydrogen-bond donors (Lipinski definition) is 1. The molecule has 0 aliphatic heterocycles. The van der Waals surface area contributed by atoms with E-state index in [0.717, 1.165) is 25.0 Å². The standard InChI is InChI=1S/C15H19F3N2O.ClH/c1-10(8-19)14(21)20(13-6-7-13)9-11-2-4-12(5-3-11)15(16,17)18;/h2-5,10,13H,6-9,19H2,1H3;1H. The van der Waals surface area contributed by atoms with Crippen LogP contribution in [-0.4, -0.2) is 23.4 Å². The van der Waals surface area contributed by atoms with Gasteiger partial charge in [0.2, 0.25) is 5.91 Å². The minimum Gasteiger partial charge on any atom is -0.335 e. The molecule has 1 saturated carbocycles. The molecule has 0 spiro atoms. The van der Waals surface area contributed by atoms with Gasteiger partial charge in [-0.2, -0.15) is 13.2 Å². The zero-order valence-electron chi connectivity index (χ0n) is 12.3. The summed E-state index contributed by atoms with van der Waals surface area (Å²) < 4.78 is 37.6. The molecule has 0 saturated heterocycles. The van der Waals surface area contributed by atoms with Gasteiger partial charge in [0.1, 0.15) is 0 Å². The predicted octanol–water partition coefficient (Wildman–Crippen LogP) is 3.21. The minimum atomic E-state index is -4.33. The average Bonchev–Trinajstić information content (AvgIpc) is 3.27. The SMILES string of the molecule is CC(CN)C(=O)N(Cc1ccc(C(F)(F)F)cc1)C1CC1.Cl. The van der Waals surface area contributed by atoms with Gasteiger partial charge in [0.05, 0.1) is 5.56 Å². The normalized spacial score (nSPS) is 15.9. The molecule has 1 aliphatic carbocycles. The van der Waals surface area contributed by atoms with Crippen molar-refractivity contribution < 1.29 is 18.0 Å². The van der Waals surface area contributed by atoms with Crippen LogP contribution in [0.3, 0.4) is 0 Å². The van der Waals surface area contributed by atoms with Gasteiger partial charge in [0, 0.05) is 25.0 Å². The van der Waals surface area contributed by atoms with Gasteiger partial charge in [-0.3, -0.25) is 4.79 Å². The maximum absolute atomic E-state index is 12.5. The van der Waals surface area contributed by atoms with Gasteiger partial charge in [0.25, 0.3) is 0 Å². The number of rotatable bonds is 5. The Kier molecular flexibility index (Phi) is 6.26. The van der Waals surface area contributed by atoms with E-state index in [9.17, 15) is 18.0 Å². The largest absolute Gasteiger partial charge is 0.416 e. The van der Waals surface area contributed by atoms with Gasteiger partial charge in [-0.05, 0) is 30.5 Å². The van der Waals surface area contributed by atoms with E-state index in [1.54, 1.807) is 11.8 Å². The third-order valence-electron chi connectivity index (χ3n) is 3.68. The summed E-state index contributed by atoms with van der Waals surface area (Å²) in [5, 5.41) is 0. The van der Waals surface area contributed by atoms with Crippen molar-refractivity contribution in [2.75, 3.05) is 6.54 Å². The molecule has 0 heterocycles. The quantitative estimate of drug-likeness (QED) is 0.897. The molecule has 0 radical (unpaired) electrons. The first kappa shape index (κ1) is 18.8. The van der Waals surface area contributed by atoms with E-state index < -0.39 is 11.7 Å². The molecule has 22 heavy (non-hydrogen) atoms. The van der Waals surface area contributed by atoms with E-state index in [1.807, 2.05) is 0 Å². The molecule has 0 aromatic heterocycles. The topological polar surface area (TPSA) is 46.3 Å². The van der Waals surface area contributed by atoms with Gasteiger partial charge < -0.3 is 10.6 Å². The number of benzene rings is 1. The molecular formula is C15H20ClF3N2O. The fraction of sp³-hybridized carbons (Fsp3) is 0.533. The first-order chi connectivity index (χ1) is 9.82. The lowest BCUT2D eigenvalue weighted by molar-refractivity contribution is -0.138. The summed E-state index contributed by atoms with van der Waals surface area (Å²) in [6, 6.07) is 5.17. The first-order valence-electron chi connectivity index (χ1n) is 6.99. The van der Waals surface area contributed by atoms with E-state index in [4.69, 9.17) is 5.73 Å². The highest BCUT2D eigenvalue weighted by Gasteiger charge is 2.34. The van der Waals surface area contributed by atoms with Crippen LogP contribution in [0.2, 0.25) is 0 Å². The van der Waals surface area contributed by atoms with Crippen molar-refractivity contribution in [1.29, 1.82) is 0 Å². The second-order valence-corrected chi connectivity index (χ2v) is 5.53. The van der Waals surface area contributed by atoms with Crippen LogP contribution in [0.1, 0.15) is 30.9 Å². The number of carbonyl (C=O) groups excluding carboxylic acids is 1. The lowest BCUT2D eigenvalue weighted by atomic mass is 10.1. The Bertz CT molecular complexity index is 501. The van der Waals surface area contributed by atoms with Gasteiger partial charge in [-0.1, -0.05) is 19.1 Å². The molecule has 1 atom stereocenters. The second kappa shape index (κ2) is 7.33. The molecule has 1 amide bonds. The molecular weight excluding hydrogens is 317 g/mol. The van der Waals surface area contributed by atoms with Crippen LogP contribution in [-0.2, 0) is 17.5 Å². The number of nitrogens with zero attached hydrogens (tertiary/aromatic N) is 1. The van der Waals surface area contributed by atoms with Crippen molar-refractivity contribution in [3.8, 4) is 0 Å². The summed E-state index contributed by atoms with van der Waals surface area (Å²) in [5.41, 5.74) is 5.55. The molecule has 1 aromatic rings. The molecule has 2 rings (SSSR count). The zero-order valence-corrected chi connectivity index (χ0v) is 13.1. The first-order valence-corrected chi connectivity index (χ1v) is 6.99. The van der Waals surface area contributed by atoms with Gasteiger partial charge in [-0.15, -0.1) is 12.4 Å². The Morgan fingerprint density at radius 2 is 1.86 bits per heavy atom. The lowest BCUT2D eigenvalue weighted by Gasteiger charge is -2.25. The maximum Gasteiger partial charge on any atom is 0.416 e. The summed E-state index contributed by atoms with van der Waals surface area (Å²) in [7, 11) is 0. The summed E-state index contributed by atoms with van der Waals surface area (Å²) in [6.45, 7) is 2.38. The zero-order chi connectivity index (χ0) is 15.6. The van der Waals surface area contributed by atoms with Crippen LogP contribution in [0, 0.1) is 5.92 Å². The van der Waals surface area contributed by atoms with Crippen molar-refractivity contribution in [2.24, 2.45) is 11.7 Å². The van der Waals surface area contributed by atoms with Crippen molar-refractivity contribution in [3.05, 3.63) is 35.4 Å². The van der Waals surface area contributed by atoms with Gasteiger partial charge >= 0.3 is 6.18 Å². The second-order valence-electron chi connectivity index (χ2n) is 5.53. The van der Waals surface area contributed by atoms with Crippen LogP contribution < -0.4 is 5.73 Å². The fourth-order valence-corrected chi connectivity index (χ4v) is 2.15. The number of halogens is 4. The summed E-state index contributed by atoms with van der Waals surface area (Å²) >= 11 is 0. The number of hydrogen-bond acceptors (Lipinski definition) is 2. The third kappa shape index (κ3) is 4.61. The Labute approximate surface area is 134 Å². The molecule has 0 bridgehead atoms. The molecule has 1 fully saturated rings. The number of carbonyl (C=O) groups is 1. The minimum absolute atomic E-state index is 0. The summed E-state index contributed by atoms with van der Waals surface area (Å²) in [5.74, 6) is -0.292. The highest BCUT2D eigenvalue weighted by Crippen LogP contribution is 2.31. The Balaban J connectivity index is 0.00000242. The van der Waals surface area contributed by atoms with Crippen LogP contribution in [0.5, 0.6) is 0 Å². The van der Waals surface area contributed by atoms with E-state index in [2.05, 4.69) is 0 Å². The van der Waals surface area contributed by atoms with Crippen molar-refractivity contribution in [2.45, 2.75) is 38.5 Å². The fourth-order valence-electron chi connectivity index (χ4n) is 2.15. The molecule has 1 aliphatic rings. The van der Waals surface area contributed by atoms with Crippen LogP contribution in [0.25, 0.3) is 0 Å². The van der Waals surface area contributed by atoms with E-state index >= 15 is 0 Å². The molecule has 2 N–H and O–H groups in total. The van der Waals surface area contributed by atoms with Crippen molar-refractivity contribution in [3.63, 3.8) is 0 Å². The van der Waals surface area contributed by atoms with Crippen molar-refractivity contribution in [1.82, 2.24) is 4.90 Å². The monoisotopic (exact) mass is 336 g/mol. The molecule has 1 aromatic carbocycles. The number of amides is 1. The number of nitrogens with two attached hydrogens (primary N) is 1. The molecule has 7 heteroatoms. The van der Waals surface area contributed by atoms with E-state index in [-0.39, 0.29) is 36.8 Å². The Morgan fingerprint density at radius 3 is 2.27 bits per heavy atom. The summed E-state index contributed by atoms with van der Waals surface area (Å²) in [4.78, 5) is 14.0. The van der Waals surface area contributed by atoms with Gasteiger partial charge in [0.15, 0.2) is 0 Å². The van der Waals surface area contributed by atoms with Gasteiger partial charge in [-0.25, -0.2) is 0 Å². The summed E-state index contributed by atoms with van der Waals surface area (Å²) in [6.07, 6.45) is -2.44. The maximum atomic E-state index is 12.5. The highest BCUT2D eigenvalue weighted by atomic mass is 35.5. The Morgan fingerprint density at radius 1 is 1.32 bits per heavy atom. The third-order valence-corrected chi connectivity index (χ3v) is 3.68. The average molecular weight is 337 g/mol. The van der Waals surface area contributed by atoms with Crippen LogP contribution in [0.4, 0.5) is 13.2 Å². The van der Waals surface area contributed by atoms with Crippen molar-refractivity contribution >= 4 is 18.3 Å². The highest BCUT2D eigenvalue weighted by molar-refractivity contribution is 5.85. The van der Waals surface area contributed by atoms with Crippen LogP contribution in [0.15, 0.2) is 24.3 Å². The molecule has 124 valence electrons. The molecule has 3 nitrogen and oxygen atoms in total. The van der Waals surface area contributed by atoms with Crippen LogP contribution >= 0.6 is 12.4 Å². The van der Waals surface area contributed by atoms with E-state index in [0.29, 0.717) is 12.1 Å². The predicted molar refractivity (Wildman–Crippen MR) is 80.5 cm³/mol. The molecule has 1 unspecified atom stereocenters. The Hall–Kier alpha value is -1.27. The lowest BCUT2D eigenvalue weighted by Crippen LogP contribution is -2.39. The van der Waals surface area contributed by atoms with E-state index in [1.165, 1.54) is 12.1 Å². The smallest absolute Gasteiger partial charge is 0.335 e.